The molecule has 1 rings (SSSR count). The van der Waals surface area contributed by atoms with Crippen LogP contribution in [0.25, 0.3) is 0 Å². The number of aromatic nitrogens is 1. The molecular formula is C9H11N3O. The molecule has 0 aliphatic rings. The second-order valence-corrected chi connectivity index (χ2v) is 2.43. The summed E-state index contributed by atoms with van der Waals surface area (Å²) in [6.07, 6.45) is 5.36. The highest BCUT2D eigenvalue weighted by Crippen LogP contribution is 1.90. The molecular weight excluding hydrogens is 166 g/mol. The Morgan fingerprint density at radius 3 is 2.92 bits per heavy atom. The fourth-order valence-electron chi connectivity index (χ4n) is 0.707. The molecule has 0 aliphatic heterocycles. The van der Waals surface area contributed by atoms with Gasteiger partial charge in [0.2, 0.25) is 5.91 Å². The second kappa shape index (κ2) is 5.03. The molecule has 1 heterocycles. The molecule has 0 aromatic carbocycles. The Labute approximate surface area is 76.7 Å². The predicted octanol–water partition coefficient (Wildman–Crippen LogP) is 0.942. The van der Waals surface area contributed by atoms with Gasteiger partial charge < -0.3 is 0 Å². The van der Waals surface area contributed by atoms with Crippen molar-refractivity contribution in [3.8, 4) is 0 Å². The van der Waals surface area contributed by atoms with Gasteiger partial charge in [-0.2, -0.15) is 5.10 Å². The molecule has 0 unspecified atom stereocenters. The van der Waals surface area contributed by atoms with Crippen molar-refractivity contribution in [2.75, 3.05) is 0 Å². The van der Waals surface area contributed by atoms with Crippen LogP contribution in [0.4, 0.5) is 0 Å². The summed E-state index contributed by atoms with van der Waals surface area (Å²) < 4.78 is 0. The summed E-state index contributed by atoms with van der Waals surface area (Å²) in [6.45, 7) is 1.78. The van der Waals surface area contributed by atoms with Crippen LogP contribution >= 0.6 is 0 Å². The third-order valence-corrected chi connectivity index (χ3v) is 1.43. The second-order valence-electron chi connectivity index (χ2n) is 2.43. The molecule has 68 valence electrons. The van der Waals surface area contributed by atoms with E-state index < -0.39 is 0 Å². The molecule has 0 atom stereocenters. The van der Waals surface area contributed by atoms with Gasteiger partial charge in [-0.05, 0) is 17.7 Å². The molecule has 0 spiro atoms. The van der Waals surface area contributed by atoms with Gasteiger partial charge in [0.25, 0.3) is 0 Å². The predicted molar refractivity (Wildman–Crippen MR) is 50.3 cm³/mol. The molecule has 1 amide bonds. The van der Waals surface area contributed by atoms with E-state index in [9.17, 15) is 4.79 Å². The molecule has 4 heteroatoms. The average Bonchev–Trinajstić information content (AvgIpc) is 2.19. The Kier molecular flexibility index (Phi) is 3.63. The quantitative estimate of drug-likeness (QED) is 0.552. The van der Waals surface area contributed by atoms with Crippen molar-refractivity contribution in [3.63, 3.8) is 0 Å². The number of hydrazone groups is 1. The third kappa shape index (κ3) is 3.46. The first-order chi connectivity index (χ1) is 6.33. The van der Waals surface area contributed by atoms with Crippen LogP contribution in [-0.4, -0.2) is 17.1 Å². The highest BCUT2D eigenvalue weighted by molar-refractivity contribution is 5.81. The van der Waals surface area contributed by atoms with Crippen LogP contribution in [0.5, 0.6) is 0 Å². The van der Waals surface area contributed by atoms with E-state index in [1.165, 1.54) is 0 Å². The minimum absolute atomic E-state index is 0.0923. The van der Waals surface area contributed by atoms with E-state index in [1.54, 1.807) is 25.5 Å². The van der Waals surface area contributed by atoms with E-state index in [0.29, 0.717) is 6.42 Å². The number of carbonyl (C=O) groups excluding carboxylic acids is 1. The van der Waals surface area contributed by atoms with E-state index in [1.807, 2.05) is 12.1 Å². The highest BCUT2D eigenvalue weighted by Gasteiger charge is 1.90. The Balaban J connectivity index is 2.45. The van der Waals surface area contributed by atoms with Gasteiger partial charge in [-0.1, -0.05) is 6.92 Å². The summed E-state index contributed by atoms with van der Waals surface area (Å²) in [6, 6.07) is 3.61. The lowest BCUT2D eigenvalue weighted by molar-refractivity contribution is -0.120. The van der Waals surface area contributed by atoms with Crippen molar-refractivity contribution >= 4 is 12.1 Å². The van der Waals surface area contributed by atoms with Gasteiger partial charge in [-0.15, -0.1) is 0 Å². The highest BCUT2D eigenvalue weighted by atomic mass is 16.2. The first-order valence-corrected chi connectivity index (χ1v) is 4.05. The van der Waals surface area contributed by atoms with Crippen molar-refractivity contribution in [2.24, 2.45) is 5.10 Å². The van der Waals surface area contributed by atoms with Gasteiger partial charge in [-0.25, -0.2) is 5.43 Å². The fourth-order valence-corrected chi connectivity index (χ4v) is 0.707. The molecule has 13 heavy (non-hydrogen) atoms. The largest absolute Gasteiger partial charge is 0.273 e. The lowest BCUT2D eigenvalue weighted by Crippen LogP contribution is -2.15. The summed E-state index contributed by atoms with van der Waals surface area (Å²) >= 11 is 0. The van der Waals surface area contributed by atoms with E-state index in [0.717, 1.165) is 5.56 Å². The number of pyridine rings is 1. The zero-order chi connectivity index (χ0) is 9.52. The van der Waals surface area contributed by atoms with Crippen molar-refractivity contribution in [2.45, 2.75) is 13.3 Å². The monoisotopic (exact) mass is 177 g/mol. The molecule has 0 bridgehead atoms. The van der Waals surface area contributed by atoms with Crippen molar-refractivity contribution in [1.82, 2.24) is 10.4 Å². The van der Waals surface area contributed by atoms with Crippen molar-refractivity contribution in [3.05, 3.63) is 30.1 Å². The molecule has 0 saturated carbocycles. The number of nitrogens with zero attached hydrogens (tertiary/aromatic N) is 2. The summed E-state index contributed by atoms with van der Waals surface area (Å²) in [7, 11) is 0. The van der Waals surface area contributed by atoms with Crippen LogP contribution < -0.4 is 5.43 Å². The first-order valence-electron chi connectivity index (χ1n) is 4.05. The maximum absolute atomic E-state index is 10.8. The first kappa shape index (κ1) is 9.38. The number of carbonyl (C=O) groups is 1. The molecule has 0 fully saturated rings. The summed E-state index contributed by atoms with van der Waals surface area (Å²) in [5, 5.41) is 3.76. The van der Waals surface area contributed by atoms with Crippen LogP contribution in [0.15, 0.2) is 29.6 Å². The Morgan fingerprint density at radius 2 is 2.31 bits per heavy atom. The number of amides is 1. The Bertz CT molecular complexity index is 295. The van der Waals surface area contributed by atoms with E-state index in [4.69, 9.17) is 0 Å². The zero-order valence-corrected chi connectivity index (χ0v) is 7.40. The smallest absolute Gasteiger partial charge is 0.239 e. The standard InChI is InChI=1S/C9H11N3O/c1-2-9(13)12-11-7-8-3-5-10-6-4-8/h3-7H,2H2,1H3,(H,12,13)/b11-7-. The topological polar surface area (TPSA) is 54.4 Å². The number of hydrogen-bond acceptors (Lipinski definition) is 3. The minimum atomic E-state index is -0.0923. The Morgan fingerprint density at radius 1 is 1.62 bits per heavy atom. The SMILES string of the molecule is CCC(=O)N/N=C\c1ccncc1. The van der Waals surface area contributed by atoms with Crippen LogP contribution in [0.1, 0.15) is 18.9 Å². The lowest BCUT2D eigenvalue weighted by atomic mass is 10.3. The van der Waals surface area contributed by atoms with Gasteiger partial charge in [-0.3, -0.25) is 9.78 Å². The van der Waals surface area contributed by atoms with Gasteiger partial charge in [0, 0.05) is 18.8 Å². The zero-order valence-electron chi connectivity index (χ0n) is 7.40. The van der Waals surface area contributed by atoms with Crippen LogP contribution in [-0.2, 0) is 4.79 Å². The minimum Gasteiger partial charge on any atom is -0.273 e. The van der Waals surface area contributed by atoms with E-state index >= 15 is 0 Å². The normalized spacial score (nSPS) is 10.2. The number of nitrogens with one attached hydrogen (secondary N) is 1. The molecule has 4 nitrogen and oxygen atoms in total. The molecule has 0 radical (unpaired) electrons. The molecule has 0 saturated heterocycles. The van der Waals surface area contributed by atoms with E-state index in [-0.39, 0.29) is 5.91 Å². The maximum Gasteiger partial charge on any atom is 0.239 e. The van der Waals surface area contributed by atoms with E-state index in [2.05, 4.69) is 15.5 Å². The van der Waals surface area contributed by atoms with Crippen molar-refractivity contribution in [1.29, 1.82) is 0 Å². The fraction of sp³-hybridized carbons (Fsp3) is 0.222. The molecule has 1 aromatic rings. The summed E-state index contributed by atoms with van der Waals surface area (Å²) in [5.41, 5.74) is 3.30. The summed E-state index contributed by atoms with van der Waals surface area (Å²) in [4.78, 5) is 14.6. The molecule has 1 aromatic heterocycles. The van der Waals surface area contributed by atoms with Gasteiger partial charge in [0.15, 0.2) is 0 Å². The van der Waals surface area contributed by atoms with Crippen LogP contribution in [0, 0.1) is 0 Å². The van der Waals surface area contributed by atoms with Gasteiger partial charge in [0.05, 0.1) is 6.21 Å². The maximum atomic E-state index is 10.8. The number of rotatable bonds is 3. The van der Waals surface area contributed by atoms with Crippen LogP contribution in [0.2, 0.25) is 0 Å². The Hall–Kier alpha value is -1.71. The molecule has 1 N–H and O–H groups in total. The van der Waals surface area contributed by atoms with Gasteiger partial charge in [0.1, 0.15) is 0 Å². The third-order valence-electron chi connectivity index (χ3n) is 1.43. The lowest BCUT2D eigenvalue weighted by Gasteiger charge is -1.93. The number of hydrogen-bond donors (Lipinski definition) is 1. The summed E-state index contributed by atoms with van der Waals surface area (Å²) in [5.74, 6) is -0.0923. The molecule has 0 aliphatic carbocycles. The average molecular weight is 177 g/mol. The van der Waals surface area contributed by atoms with Crippen LogP contribution in [0.3, 0.4) is 0 Å². The van der Waals surface area contributed by atoms with Crippen molar-refractivity contribution < 1.29 is 4.79 Å². The van der Waals surface area contributed by atoms with Gasteiger partial charge >= 0.3 is 0 Å².